The van der Waals surface area contributed by atoms with Crippen molar-refractivity contribution in [2.24, 2.45) is 0 Å². The number of hydrogen-bond donors (Lipinski definition) is 5. The summed E-state index contributed by atoms with van der Waals surface area (Å²) in [5.74, 6) is -2.01. The number of benzene rings is 1. The lowest BCUT2D eigenvalue weighted by atomic mass is 10.1. The minimum absolute atomic E-state index is 0.146. The van der Waals surface area contributed by atoms with Gasteiger partial charge in [0.2, 0.25) is 0 Å². The second-order valence-corrected chi connectivity index (χ2v) is 9.89. The van der Waals surface area contributed by atoms with Crippen molar-refractivity contribution in [1.82, 2.24) is 10.6 Å². The molecule has 0 saturated heterocycles. The van der Waals surface area contributed by atoms with Gasteiger partial charge in [-0.15, -0.1) is 0 Å². The molecule has 0 saturated carbocycles. The summed E-state index contributed by atoms with van der Waals surface area (Å²) in [5, 5.41) is 26.3. The molecule has 3 amide bonds. The number of rotatable bonds is 22. The number of carboxylic acid groups (broad SMARTS) is 1. The number of carbonyl (C=O) groups excluding carboxylic acids is 2. The first kappa shape index (κ1) is 36.8. The molecule has 0 heterocycles. The van der Waals surface area contributed by atoms with Crippen molar-refractivity contribution in [1.29, 1.82) is 0 Å². The molecule has 236 valence electrons. The lowest BCUT2D eigenvalue weighted by molar-refractivity contribution is -0.129. The molecule has 43 heavy (non-hydrogen) atoms. The number of aromatic carboxylic acids is 1. The molecule has 5 N–H and O–H groups in total. The van der Waals surface area contributed by atoms with Crippen LogP contribution in [0.2, 0.25) is 0 Å². The van der Waals surface area contributed by atoms with Crippen molar-refractivity contribution in [3.63, 3.8) is 0 Å². The number of allylic oxidation sites excluding steroid dienone is 9. The molecule has 0 aliphatic carbocycles. The maximum Gasteiger partial charge on any atom is 0.339 e. The monoisotopic (exact) mass is 595 g/mol. The number of anilines is 1. The van der Waals surface area contributed by atoms with Crippen molar-refractivity contribution in [3.8, 4) is 5.75 Å². The zero-order valence-electron chi connectivity index (χ0n) is 25.6. The Bertz CT molecular complexity index is 1110. The normalized spacial score (nSPS) is 12.5. The van der Waals surface area contributed by atoms with Gasteiger partial charge in [-0.1, -0.05) is 101 Å². The summed E-state index contributed by atoms with van der Waals surface area (Å²) in [4.78, 5) is 35.4. The lowest BCUT2D eigenvalue weighted by Gasteiger charge is -2.15. The van der Waals surface area contributed by atoms with Crippen molar-refractivity contribution < 1.29 is 29.3 Å². The van der Waals surface area contributed by atoms with Crippen LogP contribution >= 0.6 is 0 Å². The average molecular weight is 596 g/mol. The standard InChI is InChI=1S/C34H49N3O6/c1-3-5-6-7-8-9-10-11-12-13-14-15-16-17-18-19-20-21-26-43-31(4-2)32(39)35-24-25-36-34(42)37-28-22-23-30(38)29(27-28)33(40)41/h12-15,17-23,26-27,31,38H,3-11,16,24-25H2,1-2H3,(H,35,39)(H,40,41)(H2,36,37,42). The summed E-state index contributed by atoms with van der Waals surface area (Å²) in [6.45, 7) is 4.41. The van der Waals surface area contributed by atoms with E-state index < -0.39 is 23.9 Å². The summed E-state index contributed by atoms with van der Waals surface area (Å²) in [5.41, 5.74) is -0.113. The fraction of sp³-hybridized carbons (Fsp3) is 0.441. The number of urea groups is 1. The molecule has 9 heteroatoms. The van der Waals surface area contributed by atoms with Gasteiger partial charge in [-0.05, 0) is 50.0 Å². The first-order chi connectivity index (χ1) is 20.9. The highest BCUT2D eigenvalue weighted by Gasteiger charge is 2.16. The van der Waals surface area contributed by atoms with Crippen LogP contribution in [0, 0.1) is 0 Å². The van der Waals surface area contributed by atoms with Gasteiger partial charge in [0.15, 0.2) is 6.10 Å². The molecule has 0 radical (unpaired) electrons. The van der Waals surface area contributed by atoms with E-state index in [4.69, 9.17) is 9.84 Å². The molecule has 9 nitrogen and oxygen atoms in total. The number of aromatic hydroxyl groups is 1. The largest absolute Gasteiger partial charge is 0.507 e. The Morgan fingerprint density at radius 2 is 1.49 bits per heavy atom. The summed E-state index contributed by atoms with van der Waals surface area (Å²) in [6.07, 6.45) is 30.6. The second-order valence-electron chi connectivity index (χ2n) is 9.89. The summed E-state index contributed by atoms with van der Waals surface area (Å²) >= 11 is 0. The second kappa shape index (κ2) is 24.3. The van der Waals surface area contributed by atoms with Crippen LogP contribution in [0.1, 0.15) is 88.4 Å². The van der Waals surface area contributed by atoms with E-state index >= 15 is 0 Å². The molecule has 0 aliphatic rings. The molecule has 1 rings (SSSR count). The van der Waals surface area contributed by atoms with E-state index in [1.165, 1.54) is 63.3 Å². The smallest absolute Gasteiger partial charge is 0.339 e. The zero-order chi connectivity index (χ0) is 31.5. The highest BCUT2D eigenvalue weighted by Crippen LogP contribution is 2.21. The Hall–Kier alpha value is -4.27. The molecule has 0 bridgehead atoms. The first-order valence-corrected chi connectivity index (χ1v) is 15.2. The number of amides is 3. The number of phenols is 1. The van der Waals surface area contributed by atoms with Gasteiger partial charge in [0.1, 0.15) is 11.3 Å². The minimum atomic E-state index is -1.31. The third-order valence-corrected chi connectivity index (χ3v) is 6.28. The first-order valence-electron chi connectivity index (χ1n) is 15.2. The Balaban J connectivity index is 2.18. The zero-order valence-corrected chi connectivity index (χ0v) is 25.6. The van der Waals surface area contributed by atoms with Crippen molar-refractivity contribution in [2.75, 3.05) is 18.4 Å². The Morgan fingerprint density at radius 1 is 0.837 bits per heavy atom. The topological polar surface area (TPSA) is 137 Å². The van der Waals surface area contributed by atoms with Gasteiger partial charge in [0, 0.05) is 18.8 Å². The van der Waals surface area contributed by atoms with Gasteiger partial charge in [-0.3, -0.25) is 4.79 Å². The highest BCUT2D eigenvalue weighted by atomic mass is 16.5. The molecule has 0 fully saturated rings. The average Bonchev–Trinajstić information content (AvgIpc) is 2.99. The quantitative estimate of drug-likeness (QED) is 0.0410. The van der Waals surface area contributed by atoms with Crippen LogP contribution in [0.4, 0.5) is 10.5 Å². The third kappa shape index (κ3) is 18.7. The molecule has 1 aromatic carbocycles. The summed E-state index contributed by atoms with van der Waals surface area (Å²) in [6, 6.07) is 3.13. The van der Waals surface area contributed by atoms with Gasteiger partial charge in [0.25, 0.3) is 5.91 Å². The van der Waals surface area contributed by atoms with E-state index in [9.17, 15) is 19.5 Å². The number of ether oxygens (including phenoxy) is 1. The molecular weight excluding hydrogens is 546 g/mol. The van der Waals surface area contributed by atoms with Crippen LogP contribution in [0.5, 0.6) is 5.75 Å². The number of hydrogen-bond acceptors (Lipinski definition) is 5. The number of carboxylic acids is 1. The van der Waals surface area contributed by atoms with E-state index in [2.05, 4.69) is 53.3 Å². The van der Waals surface area contributed by atoms with Crippen molar-refractivity contribution >= 4 is 23.6 Å². The van der Waals surface area contributed by atoms with Crippen LogP contribution in [0.3, 0.4) is 0 Å². The van der Waals surface area contributed by atoms with Crippen LogP contribution in [0.15, 0.2) is 79.1 Å². The Labute approximate surface area is 256 Å². The molecule has 1 atom stereocenters. The van der Waals surface area contributed by atoms with Crippen LogP contribution in [-0.2, 0) is 9.53 Å². The minimum Gasteiger partial charge on any atom is -0.507 e. The number of nitrogens with one attached hydrogen (secondary N) is 3. The van der Waals surface area contributed by atoms with Gasteiger partial charge in [-0.2, -0.15) is 0 Å². The van der Waals surface area contributed by atoms with Gasteiger partial charge < -0.3 is 30.9 Å². The fourth-order valence-corrected chi connectivity index (χ4v) is 3.88. The SMILES string of the molecule is CCCCCCCCCC=CC=CCC=CC=CC=COC(CC)C(=O)NCCNC(=O)Nc1ccc(O)c(C(=O)O)c1. The fourth-order valence-electron chi connectivity index (χ4n) is 3.88. The van der Waals surface area contributed by atoms with Crippen LogP contribution in [0.25, 0.3) is 0 Å². The molecule has 0 aliphatic heterocycles. The molecule has 0 aromatic heterocycles. The predicted octanol–water partition coefficient (Wildman–Crippen LogP) is 7.39. The van der Waals surface area contributed by atoms with E-state index in [1.54, 1.807) is 6.08 Å². The maximum atomic E-state index is 12.3. The van der Waals surface area contributed by atoms with Gasteiger partial charge in [0.05, 0.1) is 6.26 Å². The number of carbonyl (C=O) groups is 3. The maximum absolute atomic E-state index is 12.3. The lowest BCUT2D eigenvalue weighted by Crippen LogP contribution is -2.41. The van der Waals surface area contributed by atoms with Crippen molar-refractivity contribution in [3.05, 3.63) is 84.7 Å². The van der Waals surface area contributed by atoms with E-state index in [0.29, 0.717) is 6.42 Å². The third-order valence-electron chi connectivity index (χ3n) is 6.28. The molecule has 0 spiro atoms. The molecular formula is C34H49N3O6. The van der Waals surface area contributed by atoms with Crippen LogP contribution in [-0.4, -0.2) is 47.3 Å². The summed E-state index contributed by atoms with van der Waals surface area (Å²) < 4.78 is 5.52. The number of unbranched alkanes of at least 4 members (excludes halogenated alkanes) is 7. The molecule has 1 unspecified atom stereocenters. The van der Waals surface area contributed by atoms with E-state index in [-0.39, 0.29) is 30.2 Å². The Kier molecular flexibility index (Phi) is 20.8. The van der Waals surface area contributed by atoms with E-state index in [0.717, 1.165) is 18.9 Å². The summed E-state index contributed by atoms with van der Waals surface area (Å²) in [7, 11) is 0. The predicted molar refractivity (Wildman–Crippen MR) is 173 cm³/mol. The van der Waals surface area contributed by atoms with E-state index in [1.807, 2.05) is 25.2 Å². The highest BCUT2D eigenvalue weighted by molar-refractivity contribution is 5.95. The van der Waals surface area contributed by atoms with Crippen molar-refractivity contribution in [2.45, 2.75) is 84.2 Å². The Morgan fingerprint density at radius 3 is 2.21 bits per heavy atom. The van der Waals surface area contributed by atoms with Crippen LogP contribution < -0.4 is 16.0 Å². The molecule has 1 aromatic rings. The van der Waals surface area contributed by atoms with Gasteiger partial charge >= 0.3 is 12.0 Å². The van der Waals surface area contributed by atoms with Gasteiger partial charge in [-0.25, -0.2) is 9.59 Å².